The largest absolute Gasteiger partial charge is 0.324 e. The van der Waals surface area contributed by atoms with E-state index in [1.165, 1.54) is 4.80 Å². The van der Waals surface area contributed by atoms with Crippen molar-refractivity contribution in [2.45, 2.75) is 13.0 Å². The Hall–Kier alpha value is -3.13. The number of hydrogen-bond acceptors (Lipinski definition) is 5. The van der Waals surface area contributed by atoms with Crippen LogP contribution in [0.25, 0.3) is 22.3 Å². The zero-order valence-corrected chi connectivity index (χ0v) is 16.0. The molecule has 2 heterocycles. The lowest BCUT2D eigenvalue weighted by atomic mass is 10.1. The molecule has 4 rings (SSSR count). The molecule has 2 aromatic carbocycles. The number of halogens is 1. The van der Waals surface area contributed by atoms with Crippen molar-refractivity contribution in [1.29, 1.82) is 0 Å². The smallest absolute Gasteiger partial charge is 0.250 e. The topological polar surface area (TPSA) is 85.6 Å². The van der Waals surface area contributed by atoms with Gasteiger partial charge >= 0.3 is 0 Å². The molecular weight excluding hydrogens is 408 g/mol. The number of carbonyl (C=O) groups excluding carboxylic acids is 1. The van der Waals surface area contributed by atoms with Crippen LogP contribution in [0.1, 0.15) is 13.0 Å². The third kappa shape index (κ3) is 3.56. The molecule has 1 N–H and O–H groups in total. The number of tetrazole rings is 1. The lowest BCUT2D eigenvalue weighted by molar-refractivity contribution is -0.119. The number of fused-ring (bicyclic) bond motifs is 1. The maximum Gasteiger partial charge on any atom is 0.250 e. The zero-order valence-electron chi connectivity index (χ0n) is 14.4. The summed E-state index contributed by atoms with van der Waals surface area (Å²) >= 11 is 3.40. The second kappa shape index (κ2) is 7.24. The predicted molar refractivity (Wildman–Crippen MR) is 106 cm³/mol. The van der Waals surface area contributed by atoms with Crippen LogP contribution in [-0.2, 0) is 4.79 Å². The number of amides is 1. The number of carbonyl (C=O) groups is 1. The van der Waals surface area contributed by atoms with Crippen molar-refractivity contribution in [3.8, 4) is 11.4 Å². The van der Waals surface area contributed by atoms with E-state index < -0.39 is 6.04 Å². The minimum Gasteiger partial charge on any atom is -0.324 e. The monoisotopic (exact) mass is 422 g/mol. The van der Waals surface area contributed by atoms with Gasteiger partial charge < -0.3 is 5.32 Å². The van der Waals surface area contributed by atoms with Gasteiger partial charge in [0.15, 0.2) is 0 Å². The van der Waals surface area contributed by atoms with Crippen molar-refractivity contribution in [2.75, 3.05) is 5.32 Å². The second-order valence-corrected chi connectivity index (χ2v) is 6.90. The van der Waals surface area contributed by atoms with Gasteiger partial charge in [0.2, 0.25) is 5.82 Å². The fourth-order valence-electron chi connectivity index (χ4n) is 2.66. The van der Waals surface area contributed by atoms with Crippen LogP contribution in [0.15, 0.2) is 65.3 Å². The molecule has 1 unspecified atom stereocenters. The predicted octanol–water partition coefficient (Wildman–Crippen LogP) is 3.85. The molecule has 0 bridgehead atoms. The summed E-state index contributed by atoms with van der Waals surface area (Å²) in [6, 6.07) is 16.3. The van der Waals surface area contributed by atoms with Crippen LogP contribution < -0.4 is 5.32 Å². The van der Waals surface area contributed by atoms with E-state index in [1.54, 1.807) is 13.1 Å². The van der Waals surface area contributed by atoms with Gasteiger partial charge in [-0.3, -0.25) is 9.78 Å². The Labute approximate surface area is 163 Å². The first-order valence-corrected chi connectivity index (χ1v) is 9.11. The van der Waals surface area contributed by atoms with Crippen LogP contribution in [0.2, 0.25) is 0 Å². The van der Waals surface area contributed by atoms with Crippen LogP contribution in [0.4, 0.5) is 5.69 Å². The first-order valence-electron chi connectivity index (χ1n) is 8.32. The summed E-state index contributed by atoms with van der Waals surface area (Å²) < 4.78 is 0.968. The van der Waals surface area contributed by atoms with E-state index in [4.69, 9.17) is 0 Å². The summed E-state index contributed by atoms with van der Waals surface area (Å²) in [7, 11) is 0. The minimum atomic E-state index is -0.617. The van der Waals surface area contributed by atoms with Crippen LogP contribution in [-0.4, -0.2) is 31.1 Å². The highest BCUT2D eigenvalue weighted by atomic mass is 79.9. The number of benzene rings is 2. The number of pyridine rings is 1. The highest BCUT2D eigenvalue weighted by Crippen LogP contribution is 2.23. The van der Waals surface area contributed by atoms with E-state index in [0.717, 1.165) is 20.9 Å². The third-order valence-corrected chi connectivity index (χ3v) is 4.69. The van der Waals surface area contributed by atoms with Crippen molar-refractivity contribution >= 4 is 38.4 Å². The Morgan fingerprint density at radius 2 is 1.93 bits per heavy atom. The molecule has 8 heteroatoms. The summed E-state index contributed by atoms with van der Waals surface area (Å²) in [5.74, 6) is 0.239. The van der Waals surface area contributed by atoms with Gasteiger partial charge in [-0.2, -0.15) is 4.80 Å². The Bertz CT molecular complexity index is 1100. The lowest BCUT2D eigenvalue weighted by Gasteiger charge is -2.12. The quantitative estimate of drug-likeness (QED) is 0.539. The Morgan fingerprint density at radius 3 is 2.74 bits per heavy atom. The number of anilines is 1. The Morgan fingerprint density at radius 1 is 1.11 bits per heavy atom. The Kier molecular flexibility index (Phi) is 4.64. The molecule has 0 saturated heterocycles. The standard InChI is InChI=1S/C19H15BrN6O/c1-12(26-24-18(23-25-26)13-7-9-14(20)10-8-13)19(27)22-17-6-2-5-16-15(17)4-3-11-21-16/h2-12H,1H3,(H,22,27). The maximum absolute atomic E-state index is 12.7. The van der Waals surface area contributed by atoms with Gasteiger partial charge in [-0.25, -0.2) is 0 Å². The van der Waals surface area contributed by atoms with E-state index in [9.17, 15) is 4.79 Å². The number of rotatable bonds is 4. The molecule has 7 nitrogen and oxygen atoms in total. The van der Waals surface area contributed by atoms with Gasteiger partial charge in [-0.1, -0.05) is 22.0 Å². The van der Waals surface area contributed by atoms with Gasteiger partial charge in [0.05, 0.1) is 11.2 Å². The number of nitrogens with one attached hydrogen (secondary N) is 1. The van der Waals surface area contributed by atoms with Gasteiger partial charge in [-0.15, -0.1) is 10.2 Å². The number of aromatic nitrogens is 5. The molecule has 1 atom stereocenters. The van der Waals surface area contributed by atoms with Crippen molar-refractivity contribution in [3.63, 3.8) is 0 Å². The summed E-state index contributed by atoms with van der Waals surface area (Å²) in [6.45, 7) is 1.73. The molecular formula is C19H15BrN6O. The molecule has 0 aliphatic carbocycles. The molecule has 0 radical (unpaired) electrons. The first kappa shape index (κ1) is 17.3. The van der Waals surface area contributed by atoms with Crippen LogP contribution in [0.3, 0.4) is 0 Å². The highest BCUT2D eigenvalue weighted by molar-refractivity contribution is 9.10. The first-order chi connectivity index (χ1) is 13.1. The molecule has 27 heavy (non-hydrogen) atoms. The molecule has 0 fully saturated rings. The van der Waals surface area contributed by atoms with E-state index in [2.05, 4.69) is 41.6 Å². The molecule has 134 valence electrons. The summed E-state index contributed by atoms with van der Waals surface area (Å²) in [4.78, 5) is 18.3. The van der Waals surface area contributed by atoms with E-state index in [1.807, 2.05) is 54.6 Å². The van der Waals surface area contributed by atoms with Gasteiger partial charge in [0, 0.05) is 21.6 Å². The summed E-state index contributed by atoms with van der Waals surface area (Å²) in [6.07, 6.45) is 1.72. The average Bonchev–Trinajstić information content (AvgIpc) is 3.18. The minimum absolute atomic E-state index is 0.230. The maximum atomic E-state index is 12.7. The van der Waals surface area contributed by atoms with Crippen molar-refractivity contribution in [3.05, 3.63) is 65.3 Å². The Balaban J connectivity index is 1.55. The van der Waals surface area contributed by atoms with Crippen molar-refractivity contribution in [2.24, 2.45) is 0 Å². The van der Waals surface area contributed by atoms with Crippen molar-refractivity contribution < 1.29 is 4.79 Å². The molecule has 2 aromatic heterocycles. The van der Waals surface area contributed by atoms with Gasteiger partial charge in [-0.05, 0) is 60.7 Å². The SMILES string of the molecule is CC(C(=O)Nc1cccc2ncccc12)n1nnc(-c2ccc(Br)cc2)n1. The normalized spacial score (nSPS) is 12.1. The molecule has 1 amide bonds. The van der Waals surface area contributed by atoms with E-state index >= 15 is 0 Å². The van der Waals surface area contributed by atoms with E-state index in [-0.39, 0.29) is 5.91 Å². The summed E-state index contributed by atoms with van der Waals surface area (Å²) in [5, 5.41) is 16.2. The van der Waals surface area contributed by atoms with Gasteiger partial charge in [0.1, 0.15) is 6.04 Å². The van der Waals surface area contributed by atoms with E-state index in [0.29, 0.717) is 11.5 Å². The lowest BCUT2D eigenvalue weighted by Crippen LogP contribution is -2.25. The molecule has 4 aromatic rings. The fraction of sp³-hybridized carbons (Fsp3) is 0.105. The molecule has 0 spiro atoms. The van der Waals surface area contributed by atoms with Crippen LogP contribution in [0, 0.1) is 0 Å². The van der Waals surface area contributed by atoms with Crippen LogP contribution >= 0.6 is 15.9 Å². The zero-order chi connectivity index (χ0) is 18.8. The van der Waals surface area contributed by atoms with Crippen LogP contribution in [0.5, 0.6) is 0 Å². The number of hydrogen-bond donors (Lipinski definition) is 1. The van der Waals surface area contributed by atoms with Crippen molar-refractivity contribution in [1.82, 2.24) is 25.2 Å². The number of nitrogens with zero attached hydrogens (tertiary/aromatic N) is 5. The molecule has 0 saturated carbocycles. The summed E-state index contributed by atoms with van der Waals surface area (Å²) in [5.41, 5.74) is 2.35. The molecule has 0 aliphatic rings. The fourth-order valence-corrected chi connectivity index (χ4v) is 2.92. The van der Waals surface area contributed by atoms with Gasteiger partial charge in [0.25, 0.3) is 5.91 Å². The third-order valence-electron chi connectivity index (χ3n) is 4.16. The highest BCUT2D eigenvalue weighted by Gasteiger charge is 2.19. The second-order valence-electron chi connectivity index (χ2n) is 5.98. The molecule has 0 aliphatic heterocycles. The average molecular weight is 423 g/mol.